The third-order valence-electron chi connectivity index (χ3n) is 3.19. The summed E-state index contributed by atoms with van der Waals surface area (Å²) in [4.78, 5) is 15.8. The van der Waals surface area contributed by atoms with Gasteiger partial charge in [0.05, 0.1) is 11.4 Å². The summed E-state index contributed by atoms with van der Waals surface area (Å²) < 4.78 is 27.1. The van der Waals surface area contributed by atoms with Crippen LogP contribution in [0.15, 0.2) is 47.5 Å². The van der Waals surface area contributed by atoms with Crippen molar-refractivity contribution in [1.82, 2.24) is 0 Å². The van der Waals surface area contributed by atoms with E-state index in [0.717, 1.165) is 12.1 Å². The molecule has 1 aliphatic rings. The number of anilines is 1. The normalized spacial score (nSPS) is 16.7. The minimum Gasteiger partial charge on any atom is -0.368 e. The van der Waals surface area contributed by atoms with Gasteiger partial charge in [0, 0.05) is 6.07 Å². The predicted molar refractivity (Wildman–Crippen MR) is 75.6 cm³/mol. The first-order valence-corrected chi connectivity index (χ1v) is 6.25. The third-order valence-corrected chi connectivity index (χ3v) is 3.19. The first kappa shape index (κ1) is 13.2. The zero-order valence-electron chi connectivity index (χ0n) is 10.8. The van der Waals surface area contributed by atoms with Crippen LogP contribution in [0.3, 0.4) is 0 Å². The van der Waals surface area contributed by atoms with Crippen LogP contribution in [0.4, 0.5) is 20.2 Å². The molecule has 1 aliphatic heterocycles. The fourth-order valence-electron chi connectivity index (χ4n) is 2.24. The van der Waals surface area contributed by atoms with Crippen molar-refractivity contribution in [3.8, 4) is 0 Å². The maximum absolute atomic E-state index is 13.8. The van der Waals surface area contributed by atoms with Crippen molar-refractivity contribution < 1.29 is 13.6 Å². The van der Waals surface area contributed by atoms with Gasteiger partial charge in [-0.1, -0.05) is 30.3 Å². The number of primary amides is 1. The number of benzene rings is 2. The molecule has 0 spiro atoms. The number of aliphatic imine (C=N–C) groups is 1. The van der Waals surface area contributed by atoms with E-state index in [4.69, 9.17) is 5.73 Å². The molecule has 1 atom stereocenters. The molecular weight excluding hydrogens is 276 g/mol. The molecule has 0 bridgehead atoms. The molecule has 2 aromatic carbocycles. The molecule has 0 radical (unpaired) electrons. The van der Waals surface area contributed by atoms with Gasteiger partial charge in [-0.05, 0) is 11.6 Å². The minimum atomic E-state index is -0.943. The molecule has 6 heteroatoms. The van der Waals surface area contributed by atoms with Gasteiger partial charge in [0.2, 0.25) is 5.91 Å². The summed E-state index contributed by atoms with van der Waals surface area (Å²) in [7, 11) is 0. The van der Waals surface area contributed by atoms with Gasteiger partial charge in [0.1, 0.15) is 17.5 Å². The number of hydrogen-bond donors (Lipinski definition) is 2. The second-order valence-electron chi connectivity index (χ2n) is 4.63. The fraction of sp³-hybridized carbons (Fsp3) is 0.0667. The lowest BCUT2D eigenvalue weighted by Crippen LogP contribution is -2.44. The van der Waals surface area contributed by atoms with Gasteiger partial charge in [0.25, 0.3) is 0 Å². The molecule has 3 N–H and O–H groups in total. The number of carbonyl (C=O) groups excluding carboxylic acids is 1. The van der Waals surface area contributed by atoms with E-state index in [1.165, 1.54) is 0 Å². The second kappa shape index (κ2) is 4.97. The Balaban J connectivity index is 2.19. The van der Waals surface area contributed by atoms with Crippen molar-refractivity contribution >= 4 is 23.0 Å². The predicted octanol–water partition coefficient (Wildman–Crippen LogP) is 2.37. The van der Waals surface area contributed by atoms with Crippen molar-refractivity contribution in [3.63, 3.8) is 0 Å². The molecule has 0 aliphatic carbocycles. The average Bonchev–Trinajstić information content (AvgIpc) is 2.46. The molecule has 21 heavy (non-hydrogen) atoms. The zero-order chi connectivity index (χ0) is 15.0. The number of nitrogens with two attached hydrogens (primary N) is 1. The quantitative estimate of drug-likeness (QED) is 0.890. The van der Waals surface area contributed by atoms with Crippen molar-refractivity contribution in [2.45, 2.75) is 6.04 Å². The van der Waals surface area contributed by atoms with E-state index in [-0.39, 0.29) is 11.4 Å². The number of halogens is 2. The van der Waals surface area contributed by atoms with E-state index < -0.39 is 23.6 Å². The van der Waals surface area contributed by atoms with Gasteiger partial charge in [-0.25, -0.2) is 13.8 Å². The Morgan fingerprint density at radius 3 is 2.57 bits per heavy atom. The summed E-state index contributed by atoms with van der Waals surface area (Å²) in [6.45, 7) is 0. The number of nitrogens with one attached hydrogen (secondary N) is 1. The van der Waals surface area contributed by atoms with Crippen LogP contribution in [0.5, 0.6) is 0 Å². The van der Waals surface area contributed by atoms with Crippen molar-refractivity contribution in [2.24, 2.45) is 10.7 Å². The first-order chi connectivity index (χ1) is 10.1. The largest absolute Gasteiger partial charge is 0.368 e. The van der Waals surface area contributed by atoms with Gasteiger partial charge in [-0.3, -0.25) is 4.79 Å². The fourth-order valence-corrected chi connectivity index (χ4v) is 2.24. The van der Waals surface area contributed by atoms with Gasteiger partial charge in [-0.15, -0.1) is 0 Å². The lowest BCUT2D eigenvalue weighted by Gasteiger charge is -2.25. The van der Waals surface area contributed by atoms with Crippen molar-refractivity contribution in [2.75, 3.05) is 5.32 Å². The van der Waals surface area contributed by atoms with Crippen LogP contribution in [0.25, 0.3) is 0 Å². The lowest BCUT2D eigenvalue weighted by atomic mass is 9.99. The summed E-state index contributed by atoms with van der Waals surface area (Å²) in [5.41, 5.74) is 6.38. The Morgan fingerprint density at radius 1 is 1.19 bits per heavy atom. The van der Waals surface area contributed by atoms with Crippen LogP contribution >= 0.6 is 0 Å². The van der Waals surface area contributed by atoms with E-state index in [1.807, 2.05) is 6.07 Å². The summed E-state index contributed by atoms with van der Waals surface area (Å²) >= 11 is 0. The van der Waals surface area contributed by atoms with Crippen LogP contribution in [0.2, 0.25) is 0 Å². The summed E-state index contributed by atoms with van der Waals surface area (Å²) in [5.74, 6) is -2.22. The van der Waals surface area contributed by atoms with Crippen LogP contribution in [0.1, 0.15) is 5.56 Å². The molecule has 106 valence electrons. The van der Waals surface area contributed by atoms with Crippen molar-refractivity contribution in [1.29, 1.82) is 0 Å². The van der Waals surface area contributed by atoms with Crippen molar-refractivity contribution in [3.05, 3.63) is 59.7 Å². The summed E-state index contributed by atoms with van der Waals surface area (Å²) in [5, 5.41) is 2.74. The number of nitrogens with zero attached hydrogens (tertiary/aromatic N) is 1. The second-order valence-corrected chi connectivity index (χ2v) is 4.63. The number of amides is 1. The number of carbonyl (C=O) groups is 1. The van der Waals surface area contributed by atoms with Gasteiger partial charge < -0.3 is 11.1 Å². The van der Waals surface area contributed by atoms with E-state index in [9.17, 15) is 13.6 Å². The van der Waals surface area contributed by atoms with Crippen LogP contribution < -0.4 is 11.1 Å². The van der Waals surface area contributed by atoms with E-state index in [0.29, 0.717) is 11.3 Å². The highest BCUT2D eigenvalue weighted by atomic mass is 19.1. The zero-order valence-corrected chi connectivity index (χ0v) is 10.8. The Kier molecular flexibility index (Phi) is 3.13. The van der Waals surface area contributed by atoms with Crippen LogP contribution in [-0.4, -0.2) is 17.7 Å². The highest BCUT2D eigenvalue weighted by Crippen LogP contribution is 2.34. The highest BCUT2D eigenvalue weighted by molar-refractivity contribution is 6.20. The van der Waals surface area contributed by atoms with E-state index in [2.05, 4.69) is 10.3 Å². The first-order valence-electron chi connectivity index (χ1n) is 6.25. The Bertz CT molecular complexity index is 744. The molecule has 1 heterocycles. The molecule has 0 saturated heterocycles. The highest BCUT2D eigenvalue weighted by Gasteiger charge is 2.29. The molecule has 0 fully saturated rings. The molecule has 1 unspecified atom stereocenters. The van der Waals surface area contributed by atoms with Gasteiger partial charge in [-0.2, -0.15) is 0 Å². The standard InChI is InChI=1S/C15H11F2N3O/c16-9-6-10(17)13-11(7-9)19-14(15(18)21)12(20-13)8-4-2-1-3-5-8/h1-7,14,19H,(H2,18,21). The molecule has 0 aromatic heterocycles. The van der Waals surface area contributed by atoms with Crippen LogP contribution in [0, 0.1) is 11.6 Å². The van der Waals surface area contributed by atoms with E-state index in [1.54, 1.807) is 24.3 Å². The smallest absolute Gasteiger partial charge is 0.246 e. The maximum atomic E-state index is 13.8. The molecule has 2 aromatic rings. The van der Waals surface area contributed by atoms with Crippen LogP contribution in [-0.2, 0) is 4.79 Å². The monoisotopic (exact) mass is 287 g/mol. The molecular formula is C15H11F2N3O. The summed E-state index contributed by atoms with van der Waals surface area (Å²) in [6.07, 6.45) is 0. The molecule has 0 saturated carbocycles. The van der Waals surface area contributed by atoms with Gasteiger partial charge >= 0.3 is 0 Å². The average molecular weight is 287 g/mol. The minimum absolute atomic E-state index is 0.0345. The number of hydrogen-bond acceptors (Lipinski definition) is 3. The number of rotatable bonds is 2. The third kappa shape index (κ3) is 2.35. The Labute approximate surface area is 119 Å². The Hall–Kier alpha value is -2.76. The number of fused-ring (bicyclic) bond motifs is 1. The topological polar surface area (TPSA) is 67.5 Å². The summed E-state index contributed by atoms with van der Waals surface area (Å²) in [6, 6.07) is 9.71. The Morgan fingerprint density at radius 2 is 1.90 bits per heavy atom. The molecule has 1 amide bonds. The SMILES string of the molecule is NC(=O)C1Nc2cc(F)cc(F)c2N=C1c1ccccc1. The maximum Gasteiger partial charge on any atom is 0.246 e. The molecule has 4 nitrogen and oxygen atoms in total. The molecule has 3 rings (SSSR count). The lowest BCUT2D eigenvalue weighted by molar-refractivity contribution is -0.117. The van der Waals surface area contributed by atoms with E-state index >= 15 is 0 Å². The van der Waals surface area contributed by atoms with Gasteiger partial charge in [0.15, 0.2) is 5.82 Å².